The van der Waals surface area contributed by atoms with E-state index in [-0.39, 0.29) is 15.9 Å². The maximum atomic E-state index is 13.5. The average molecular weight is 394 g/mol. The van der Waals surface area contributed by atoms with E-state index in [1.807, 2.05) is 6.92 Å². The topological polar surface area (TPSA) is 45.8 Å². The molecule has 2 rings (SSSR count). The highest BCUT2D eigenvalue weighted by molar-refractivity contribution is 9.10. The largest absolute Gasteiger partial charge is 0.305 e. The molecule has 0 spiro atoms. The third-order valence-electron chi connectivity index (χ3n) is 2.56. The molecule has 19 heavy (non-hydrogen) atoms. The average Bonchev–Trinajstić information content (AvgIpc) is 2.39. The summed E-state index contributed by atoms with van der Waals surface area (Å²) in [6.45, 7) is 1.84. The van der Waals surface area contributed by atoms with Gasteiger partial charge in [0.15, 0.2) is 11.6 Å². The van der Waals surface area contributed by atoms with Crippen LogP contribution in [0.4, 0.5) is 8.78 Å². The molecule has 0 aliphatic heterocycles. The molecule has 1 aromatic carbocycles. The molecule has 7 heteroatoms. The van der Waals surface area contributed by atoms with Gasteiger partial charge in [0.05, 0.1) is 10.2 Å². The van der Waals surface area contributed by atoms with Crippen LogP contribution in [0.25, 0.3) is 11.4 Å². The Labute approximate surface area is 124 Å². The van der Waals surface area contributed by atoms with E-state index in [2.05, 4.69) is 41.8 Å². The first-order valence-electron chi connectivity index (χ1n) is 5.38. The summed E-state index contributed by atoms with van der Waals surface area (Å²) in [5, 5.41) is 0. The van der Waals surface area contributed by atoms with Crippen LogP contribution in [0, 0.1) is 11.6 Å². The quantitative estimate of drug-likeness (QED) is 0.788. The summed E-state index contributed by atoms with van der Waals surface area (Å²) in [6, 6.07) is 2.34. The van der Waals surface area contributed by atoms with Gasteiger partial charge in [0, 0.05) is 5.56 Å². The van der Waals surface area contributed by atoms with E-state index < -0.39 is 11.6 Å². The van der Waals surface area contributed by atoms with Gasteiger partial charge in [-0.3, -0.25) is 4.79 Å². The fraction of sp³-hybridized carbons (Fsp3) is 0.167. The summed E-state index contributed by atoms with van der Waals surface area (Å²) >= 11 is 6.11. The Hall–Kier alpha value is -1.08. The first-order chi connectivity index (χ1) is 8.95. The Morgan fingerprint density at radius 1 is 1.26 bits per heavy atom. The number of hydrogen-bond acceptors (Lipinski definition) is 2. The monoisotopic (exact) mass is 392 g/mol. The third-order valence-corrected chi connectivity index (χ3v) is 4.15. The van der Waals surface area contributed by atoms with Crippen molar-refractivity contribution < 1.29 is 8.78 Å². The molecule has 1 N–H and O–H groups in total. The number of benzene rings is 1. The highest BCUT2D eigenvalue weighted by Gasteiger charge is 2.16. The van der Waals surface area contributed by atoms with Gasteiger partial charge in [0.1, 0.15) is 10.3 Å². The number of aromatic nitrogens is 2. The van der Waals surface area contributed by atoms with E-state index in [0.29, 0.717) is 22.2 Å². The van der Waals surface area contributed by atoms with Crippen molar-refractivity contribution in [3.63, 3.8) is 0 Å². The second-order valence-corrected chi connectivity index (χ2v) is 5.34. The Morgan fingerprint density at radius 3 is 2.58 bits per heavy atom. The molecule has 0 bridgehead atoms. The Morgan fingerprint density at radius 2 is 1.95 bits per heavy atom. The molecule has 0 saturated carbocycles. The van der Waals surface area contributed by atoms with Gasteiger partial charge in [-0.25, -0.2) is 13.8 Å². The minimum absolute atomic E-state index is 0.0694. The molecule has 100 valence electrons. The lowest BCUT2D eigenvalue weighted by Crippen LogP contribution is -2.13. The Bertz CT molecular complexity index is 701. The van der Waals surface area contributed by atoms with Crippen LogP contribution in [-0.2, 0) is 6.42 Å². The van der Waals surface area contributed by atoms with Gasteiger partial charge >= 0.3 is 0 Å². The van der Waals surface area contributed by atoms with Crippen LogP contribution in [0.1, 0.15) is 12.6 Å². The number of halogens is 4. The van der Waals surface area contributed by atoms with Crippen molar-refractivity contribution in [2.45, 2.75) is 13.3 Å². The lowest BCUT2D eigenvalue weighted by molar-refractivity contribution is 0.504. The van der Waals surface area contributed by atoms with Crippen molar-refractivity contribution >= 4 is 31.9 Å². The highest BCUT2D eigenvalue weighted by Crippen LogP contribution is 2.29. The highest BCUT2D eigenvalue weighted by atomic mass is 79.9. The second-order valence-electron chi connectivity index (χ2n) is 3.75. The second kappa shape index (κ2) is 5.50. The van der Waals surface area contributed by atoms with Crippen molar-refractivity contribution in [1.29, 1.82) is 0 Å². The van der Waals surface area contributed by atoms with E-state index in [0.717, 1.165) is 6.07 Å². The number of aromatic amines is 1. The molecule has 0 radical (unpaired) electrons. The van der Waals surface area contributed by atoms with E-state index >= 15 is 0 Å². The molecule has 1 aromatic heterocycles. The van der Waals surface area contributed by atoms with Crippen molar-refractivity contribution in [2.24, 2.45) is 0 Å². The number of aryl methyl sites for hydroxylation is 1. The minimum Gasteiger partial charge on any atom is -0.305 e. The van der Waals surface area contributed by atoms with E-state index in [1.54, 1.807) is 0 Å². The number of hydrogen-bond donors (Lipinski definition) is 1. The zero-order valence-electron chi connectivity index (χ0n) is 9.73. The van der Waals surface area contributed by atoms with Gasteiger partial charge < -0.3 is 4.98 Å². The standard InChI is InChI=1S/C12H8Br2F2N2O/c1-2-7-9(14)12(19)18-11(17-7)5-3-4-6(15)10(16)8(5)13/h3-4H,2H2,1H3,(H,17,18,19). The molecule has 2 aromatic rings. The summed E-state index contributed by atoms with van der Waals surface area (Å²) < 4.78 is 26.8. The van der Waals surface area contributed by atoms with Gasteiger partial charge in [-0.2, -0.15) is 0 Å². The summed E-state index contributed by atoms with van der Waals surface area (Å²) in [4.78, 5) is 18.5. The zero-order valence-corrected chi connectivity index (χ0v) is 12.9. The Kier molecular flexibility index (Phi) is 4.15. The molecule has 0 aliphatic carbocycles. The molecule has 1 heterocycles. The fourth-order valence-electron chi connectivity index (χ4n) is 1.58. The first-order valence-corrected chi connectivity index (χ1v) is 6.96. The van der Waals surface area contributed by atoms with E-state index in [4.69, 9.17) is 0 Å². The number of nitrogens with zero attached hydrogens (tertiary/aromatic N) is 1. The van der Waals surface area contributed by atoms with Gasteiger partial charge in [0.2, 0.25) is 0 Å². The smallest absolute Gasteiger partial charge is 0.265 e. The molecular formula is C12H8Br2F2N2O. The summed E-state index contributed by atoms with van der Waals surface area (Å²) in [5.74, 6) is -1.79. The van der Waals surface area contributed by atoms with Gasteiger partial charge in [-0.15, -0.1) is 0 Å². The normalized spacial score (nSPS) is 10.8. The maximum Gasteiger partial charge on any atom is 0.265 e. The summed E-state index contributed by atoms with van der Waals surface area (Å²) in [5.41, 5.74) is 0.479. The lowest BCUT2D eigenvalue weighted by atomic mass is 10.2. The number of rotatable bonds is 2. The SMILES string of the molecule is CCc1nc(-c2ccc(F)c(F)c2Br)[nH]c(=O)c1Br. The molecule has 0 saturated heterocycles. The van der Waals surface area contributed by atoms with E-state index in [9.17, 15) is 13.6 Å². The van der Waals surface area contributed by atoms with Crippen LogP contribution in [0.2, 0.25) is 0 Å². The van der Waals surface area contributed by atoms with Crippen LogP contribution in [0.15, 0.2) is 25.9 Å². The first kappa shape index (κ1) is 14.3. The molecule has 0 amide bonds. The molecule has 0 unspecified atom stereocenters. The van der Waals surface area contributed by atoms with Crippen molar-refractivity contribution in [3.05, 3.63) is 48.8 Å². The van der Waals surface area contributed by atoms with Gasteiger partial charge in [0.25, 0.3) is 5.56 Å². The van der Waals surface area contributed by atoms with E-state index in [1.165, 1.54) is 6.07 Å². The summed E-state index contributed by atoms with van der Waals surface area (Å²) in [6.07, 6.45) is 0.540. The summed E-state index contributed by atoms with van der Waals surface area (Å²) in [7, 11) is 0. The maximum absolute atomic E-state index is 13.5. The van der Waals surface area contributed by atoms with Crippen LogP contribution in [-0.4, -0.2) is 9.97 Å². The van der Waals surface area contributed by atoms with Crippen molar-refractivity contribution in [1.82, 2.24) is 9.97 Å². The molecule has 3 nitrogen and oxygen atoms in total. The van der Waals surface area contributed by atoms with Crippen molar-refractivity contribution in [2.75, 3.05) is 0 Å². The molecule has 0 fully saturated rings. The molecule has 0 aliphatic rings. The lowest BCUT2D eigenvalue weighted by Gasteiger charge is -2.08. The molecular weight excluding hydrogens is 386 g/mol. The third kappa shape index (κ3) is 2.62. The predicted molar refractivity (Wildman–Crippen MR) is 75.0 cm³/mol. The van der Waals surface area contributed by atoms with Crippen LogP contribution in [0.3, 0.4) is 0 Å². The fourth-order valence-corrected chi connectivity index (χ4v) is 2.55. The minimum atomic E-state index is -1.01. The van der Waals surface area contributed by atoms with Crippen LogP contribution >= 0.6 is 31.9 Å². The Balaban J connectivity index is 2.70. The number of nitrogens with one attached hydrogen (secondary N) is 1. The van der Waals surface area contributed by atoms with Crippen LogP contribution in [0.5, 0.6) is 0 Å². The zero-order chi connectivity index (χ0) is 14.2. The molecule has 0 atom stereocenters. The van der Waals surface area contributed by atoms with Crippen molar-refractivity contribution in [3.8, 4) is 11.4 Å². The van der Waals surface area contributed by atoms with Crippen LogP contribution < -0.4 is 5.56 Å². The van der Waals surface area contributed by atoms with Gasteiger partial charge in [-0.1, -0.05) is 6.92 Å². The number of H-pyrrole nitrogens is 1. The predicted octanol–water partition coefficient (Wildman–Crippen LogP) is 3.80. The van der Waals surface area contributed by atoms with Gasteiger partial charge in [-0.05, 0) is 50.4 Å².